The van der Waals surface area contributed by atoms with Crippen LogP contribution in [0.1, 0.15) is 33.6 Å². The summed E-state index contributed by atoms with van der Waals surface area (Å²) in [5, 5.41) is 71.9. The van der Waals surface area contributed by atoms with Gasteiger partial charge in [0.15, 0.2) is 12.6 Å². The number of carbonyl (C=O) groups is 1. The van der Waals surface area contributed by atoms with Crippen LogP contribution >= 0.6 is 0 Å². The lowest BCUT2D eigenvalue weighted by Gasteiger charge is -2.42. The topological polar surface area (TPSA) is 205 Å². The molecule has 3 heterocycles. The maximum absolute atomic E-state index is 12.5. The zero-order valence-electron chi connectivity index (χ0n) is 22.2. The van der Waals surface area contributed by atoms with Crippen LogP contribution in [0.3, 0.4) is 0 Å². The summed E-state index contributed by atoms with van der Waals surface area (Å²) in [6.45, 7) is 3.77. The zero-order chi connectivity index (χ0) is 28.6. The molecule has 4 aliphatic rings. The fraction of sp³-hybridized carbons (Fsp3) is 0.808. The number of ether oxygens (including phenoxy) is 5. The first-order chi connectivity index (χ1) is 18.4. The van der Waals surface area contributed by atoms with Crippen molar-refractivity contribution in [3.8, 4) is 0 Å². The van der Waals surface area contributed by atoms with E-state index in [0.717, 1.165) is 5.57 Å². The number of carbonyl (C=O) groups excluding carboxylic acids is 1. The summed E-state index contributed by atoms with van der Waals surface area (Å²) in [6.07, 6.45) is -8.36. The van der Waals surface area contributed by atoms with Crippen molar-refractivity contribution in [3.63, 3.8) is 0 Å². The molecule has 0 radical (unpaired) electrons. The highest BCUT2D eigenvalue weighted by atomic mass is 16.7. The lowest BCUT2D eigenvalue weighted by Crippen LogP contribution is -2.60. The summed E-state index contributed by atoms with van der Waals surface area (Å²) in [6, 6.07) is 0. The first kappa shape index (κ1) is 30.5. The molecule has 0 saturated carbocycles. The molecule has 1 aliphatic carbocycles. The Kier molecular flexibility index (Phi) is 9.51. The lowest BCUT2D eigenvalue weighted by atomic mass is 9.82. The van der Waals surface area contributed by atoms with Crippen LogP contribution in [-0.2, 0) is 28.5 Å². The molecular formula is C26H40O13. The Balaban J connectivity index is 1.51. The maximum atomic E-state index is 12.5. The van der Waals surface area contributed by atoms with E-state index in [1.807, 2.05) is 13.0 Å². The van der Waals surface area contributed by atoms with Gasteiger partial charge in [-0.3, -0.25) is 4.79 Å². The number of aliphatic hydroxyl groups excluding tert-OH is 6. The minimum absolute atomic E-state index is 0.315. The Labute approximate surface area is 226 Å². The van der Waals surface area contributed by atoms with Crippen LogP contribution in [0.5, 0.6) is 0 Å². The number of rotatable bonds is 6. The van der Waals surface area contributed by atoms with E-state index >= 15 is 0 Å². The van der Waals surface area contributed by atoms with E-state index < -0.39 is 98.0 Å². The van der Waals surface area contributed by atoms with Crippen LogP contribution < -0.4 is 0 Å². The Morgan fingerprint density at radius 3 is 2.46 bits per heavy atom. The summed E-state index contributed by atoms with van der Waals surface area (Å²) in [5.41, 5.74) is -0.393. The predicted molar refractivity (Wildman–Crippen MR) is 131 cm³/mol. The van der Waals surface area contributed by atoms with E-state index in [9.17, 15) is 40.5 Å². The molecule has 0 spiro atoms. The molecule has 3 saturated heterocycles. The predicted octanol–water partition coefficient (Wildman–Crippen LogP) is -2.14. The van der Waals surface area contributed by atoms with Gasteiger partial charge in [0.2, 0.25) is 0 Å². The Morgan fingerprint density at radius 2 is 1.79 bits per heavy atom. The summed E-state index contributed by atoms with van der Waals surface area (Å²) < 4.78 is 28.3. The van der Waals surface area contributed by atoms with Crippen molar-refractivity contribution in [1.82, 2.24) is 0 Å². The Bertz CT molecular complexity index is 939. The molecule has 13 atom stereocenters. The first-order valence-electron chi connectivity index (χ1n) is 13.2. The van der Waals surface area contributed by atoms with Crippen molar-refractivity contribution < 1.29 is 64.2 Å². The number of fused-ring (bicyclic) bond motifs is 1. The minimum Gasteiger partial charge on any atom is -0.457 e. The van der Waals surface area contributed by atoms with Gasteiger partial charge < -0.3 is 59.4 Å². The van der Waals surface area contributed by atoms with Gasteiger partial charge >= 0.3 is 5.97 Å². The quantitative estimate of drug-likeness (QED) is 0.137. The average molecular weight is 561 g/mol. The van der Waals surface area contributed by atoms with Gasteiger partial charge in [0.1, 0.15) is 42.2 Å². The molecule has 0 aromatic heterocycles. The van der Waals surface area contributed by atoms with E-state index in [1.165, 1.54) is 0 Å². The highest BCUT2D eigenvalue weighted by Gasteiger charge is 2.52. The minimum atomic E-state index is -1.91. The van der Waals surface area contributed by atoms with Gasteiger partial charge in [0.05, 0.1) is 37.9 Å². The van der Waals surface area contributed by atoms with Crippen LogP contribution in [0.25, 0.3) is 0 Å². The molecule has 13 heteroatoms. The average Bonchev–Trinajstić information content (AvgIpc) is 3.35. The number of hydrogen-bond donors (Lipinski definition) is 7. The Hall–Kier alpha value is -1.49. The fourth-order valence-corrected chi connectivity index (χ4v) is 5.45. The summed E-state index contributed by atoms with van der Waals surface area (Å²) in [7, 11) is 0. The molecule has 222 valence electrons. The van der Waals surface area contributed by atoms with Crippen molar-refractivity contribution in [2.45, 2.75) is 101 Å². The third-order valence-corrected chi connectivity index (χ3v) is 8.16. The monoisotopic (exact) mass is 560 g/mol. The Morgan fingerprint density at radius 1 is 1.08 bits per heavy atom. The second-order valence-electron chi connectivity index (χ2n) is 11.1. The van der Waals surface area contributed by atoms with Crippen molar-refractivity contribution in [1.29, 1.82) is 0 Å². The largest absolute Gasteiger partial charge is 0.457 e. The third-order valence-electron chi connectivity index (χ3n) is 8.16. The van der Waals surface area contributed by atoms with Crippen molar-refractivity contribution in [2.24, 2.45) is 11.8 Å². The molecule has 0 aromatic rings. The van der Waals surface area contributed by atoms with E-state index in [1.54, 1.807) is 19.9 Å². The van der Waals surface area contributed by atoms with E-state index in [2.05, 4.69) is 0 Å². The smallest absolute Gasteiger partial charge is 0.309 e. The number of aliphatic hydroxyl groups is 7. The molecule has 0 bridgehead atoms. The summed E-state index contributed by atoms with van der Waals surface area (Å²) in [4.78, 5) is 12.5. The summed E-state index contributed by atoms with van der Waals surface area (Å²) in [5.74, 6) is -1.51. The highest BCUT2D eigenvalue weighted by molar-refractivity contribution is 5.75. The zero-order valence-corrected chi connectivity index (χ0v) is 22.2. The van der Waals surface area contributed by atoms with Gasteiger partial charge in [-0.2, -0.15) is 0 Å². The fourth-order valence-electron chi connectivity index (χ4n) is 5.45. The van der Waals surface area contributed by atoms with Crippen LogP contribution in [0.4, 0.5) is 0 Å². The van der Waals surface area contributed by atoms with Gasteiger partial charge in [0.25, 0.3) is 0 Å². The first-order valence-corrected chi connectivity index (χ1v) is 13.2. The second-order valence-corrected chi connectivity index (χ2v) is 11.1. The normalized spacial score (nSPS) is 49.9. The van der Waals surface area contributed by atoms with Gasteiger partial charge in [0, 0.05) is 5.92 Å². The van der Waals surface area contributed by atoms with Crippen LogP contribution in [0, 0.1) is 11.8 Å². The molecule has 0 unspecified atom stereocenters. The van der Waals surface area contributed by atoms with Crippen LogP contribution in [0.15, 0.2) is 23.3 Å². The standard InChI is InChI=1S/C26H40O13/c1-11-4-5-14(28)12(2)7-16-18(13(3)23(33)37-16)15(6-11)38-24-21(31)20(30)19(29)17(39-24)8-35-25-22(32)26(34,9-27)10-36-25/h4,7,13-22,24-25,27-32,34H,5-6,8-10H2,1-3H3/b11-4-,12-7+/t13-,14-,15-,16-,17+,18+,19+,20-,21+,22-,24+,25+,26+/m0/s1. The molecule has 39 heavy (non-hydrogen) atoms. The molecule has 3 aliphatic heterocycles. The molecule has 4 rings (SSSR count). The third kappa shape index (κ3) is 6.23. The molecule has 13 nitrogen and oxygen atoms in total. The van der Waals surface area contributed by atoms with Gasteiger partial charge in [-0.05, 0) is 38.3 Å². The van der Waals surface area contributed by atoms with Crippen molar-refractivity contribution >= 4 is 5.97 Å². The number of esters is 1. The van der Waals surface area contributed by atoms with E-state index in [4.69, 9.17) is 23.7 Å². The van der Waals surface area contributed by atoms with Crippen LogP contribution in [0.2, 0.25) is 0 Å². The SMILES string of the molecule is C/C1=C/C[C@H](O)/C(C)=C/[C@@H]2OC(=O)[C@@H](C)[C@@H]2[C@@H](O[C@@H]2O[C@H](CO[C@@H]3OC[C@](O)(CO)[C@H]3O)[C@@H](O)[C@H](O)[C@H]2O)C1. The highest BCUT2D eigenvalue weighted by Crippen LogP contribution is 2.39. The lowest BCUT2D eigenvalue weighted by molar-refractivity contribution is -0.322. The van der Waals surface area contributed by atoms with Gasteiger partial charge in [-0.1, -0.05) is 18.6 Å². The van der Waals surface area contributed by atoms with E-state index in [-0.39, 0.29) is 6.61 Å². The molecule has 0 aromatic carbocycles. The molecule has 3 fully saturated rings. The molecular weight excluding hydrogens is 520 g/mol. The molecule has 0 amide bonds. The second kappa shape index (κ2) is 12.2. The summed E-state index contributed by atoms with van der Waals surface area (Å²) >= 11 is 0. The van der Waals surface area contributed by atoms with Gasteiger partial charge in [-0.15, -0.1) is 0 Å². The molecule has 7 N–H and O–H groups in total. The van der Waals surface area contributed by atoms with E-state index in [0.29, 0.717) is 18.4 Å². The van der Waals surface area contributed by atoms with Crippen molar-refractivity contribution in [3.05, 3.63) is 23.3 Å². The number of hydrogen-bond acceptors (Lipinski definition) is 13. The van der Waals surface area contributed by atoms with Gasteiger partial charge in [-0.25, -0.2) is 0 Å². The maximum Gasteiger partial charge on any atom is 0.309 e. The van der Waals surface area contributed by atoms with Crippen molar-refractivity contribution in [2.75, 3.05) is 19.8 Å². The van der Waals surface area contributed by atoms with Crippen LogP contribution in [-0.4, -0.2) is 129 Å².